The zero-order valence-electron chi connectivity index (χ0n) is 22.2. The lowest BCUT2D eigenvalue weighted by Crippen LogP contribution is -2.47. The van der Waals surface area contributed by atoms with Gasteiger partial charge in [0.25, 0.3) is 0 Å². The van der Waals surface area contributed by atoms with Crippen molar-refractivity contribution in [1.29, 1.82) is 0 Å². The van der Waals surface area contributed by atoms with Gasteiger partial charge in [-0.1, -0.05) is 109 Å². The van der Waals surface area contributed by atoms with E-state index in [0.717, 1.165) is 38.9 Å². The Bertz CT molecular complexity index is 1720. The molecule has 0 unspecified atom stereocenters. The van der Waals surface area contributed by atoms with Gasteiger partial charge in [-0.25, -0.2) is 4.98 Å². The number of thiazole rings is 1. The first kappa shape index (κ1) is 26.2. The van der Waals surface area contributed by atoms with Crippen LogP contribution in [0.4, 0.5) is 5.13 Å². The lowest BCUT2D eigenvalue weighted by molar-refractivity contribution is -0.126. The number of aromatic amines is 1. The fourth-order valence-electron chi connectivity index (χ4n) is 5.04. The molecule has 0 aliphatic rings. The number of hydrogen-bond acceptors (Lipinski definition) is 4. The summed E-state index contributed by atoms with van der Waals surface area (Å²) in [7, 11) is 0. The fourth-order valence-corrected chi connectivity index (χ4v) is 5.76. The summed E-state index contributed by atoms with van der Waals surface area (Å²) >= 11 is 1.36. The average molecular weight is 557 g/mol. The van der Waals surface area contributed by atoms with E-state index in [0.29, 0.717) is 11.6 Å². The van der Waals surface area contributed by atoms with E-state index in [9.17, 15) is 9.59 Å². The topological polar surface area (TPSA) is 86.9 Å². The Hall–Kier alpha value is -5.01. The van der Waals surface area contributed by atoms with Crippen LogP contribution in [0.2, 0.25) is 0 Å². The zero-order valence-corrected chi connectivity index (χ0v) is 23.0. The van der Waals surface area contributed by atoms with Crippen LogP contribution in [0.5, 0.6) is 0 Å². The Morgan fingerprint density at radius 3 is 2.05 bits per heavy atom. The van der Waals surface area contributed by atoms with E-state index in [4.69, 9.17) is 0 Å². The SMILES string of the molecule is O=C(N[C@H](Cc1c[nH]c2ccccc12)C(=O)Nc1nc(-c2ccccc2)cs1)C(c1ccccc1)c1ccccc1. The van der Waals surface area contributed by atoms with Gasteiger partial charge in [-0.05, 0) is 22.8 Å². The van der Waals surface area contributed by atoms with Gasteiger partial charge in [-0.15, -0.1) is 11.3 Å². The number of aromatic nitrogens is 2. The van der Waals surface area contributed by atoms with Crippen molar-refractivity contribution in [3.8, 4) is 11.3 Å². The second kappa shape index (κ2) is 12.0. The van der Waals surface area contributed by atoms with Crippen molar-refractivity contribution in [3.63, 3.8) is 0 Å². The number of nitrogens with zero attached hydrogens (tertiary/aromatic N) is 1. The number of H-pyrrole nitrogens is 1. The number of fused-ring (bicyclic) bond motifs is 1. The van der Waals surface area contributed by atoms with Gasteiger partial charge >= 0.3 is 0 Å². The van der Waals surface area contributed by atoms with E-state index in [1.807, 2.05) is 127 Å². The Morgan fingerprint density at radius 1 is 0.756 bits per heavy atom. The molecule has 6 rings (SSSR count). The van der Waals surface area contributed by atoms with Gasteiger partial charge in [-0.2, -0.15) is 0 Å². The van der Waals surface area contributed by atoms with Crippen molar-refractivity contribution in [2.75, 3.05) is 5.32 Å². The smallest absolute Gasteiger partial charge is 0.249 e. The highest BCUT2D eigenvalue weighted by molar-refractivity contribution is 7.14. The Kier molecular flexibility index (Phi) is 7.69. The number of carbonyl (C=O) groups is 2. The standard InChI is InChI=1S/C34H28N4O2S/c39-32(38-34-37-30(22-41-34)23-12-4-1-5-13-23)29(20-26-21-35-28-19-11-10-18-27(26)28)36-33(40)31(24-14-6-2-7-15-24)25-16-8-3-9-17-25/h1-19,21-22,29,31,35H,20H2,(H,36,40)(H,37,38,39)/t29-/m1/s1. The summed E-state index contributed by atoms with van der Waals surface area (Å²) in [6.45, 7) is 0. The molecule has 2 amide bonds. The van der Waals surface area contributed by atoms with Crippen molar-refractivity contribution in [3.05, 3.63) is 144 Å². The molecule has 0 saturated carbocycles. The summed E-state index contributed by atoms with van der Waals surface area (Å²) in [4.78, 5) is 35.7. The second-order valence-electron chi connectivity index (χ2n) is 9.77. The molecule has 1 atom stereocenters. The predicted molar refractivity (Wildman–Crippen MR) is 165 cm³/mol. The molecule has 0 saturated heterocycles. The zero-order chi connectivity index (χ0) is 28.0. The van der Waals surface area contributed by atoms with Crippen molar-refractivity contribution in [1.82, 2.24) is 15.3 Å². The first-order chi connectivity index (χ1) is 20.2. The highest BCUT2D eigenvalue weighted by Gasteiger charge is 2.29. The third-order valence-electron chi connectivity index (χ3n) is 7.06. The number of hydrogen-bond donors (Lipinski definition) is 3. The van der Waals surface area contributed by atoms with E-state index in [1.54, 1.807) is 0 Å². The largest absolute Gasteiger partial charge is 0.361 e. The molecule has 0 aliphatic carbocycles. The Labute approximate surface area is 242 Å². The minimum atomic E-state index is -0.833. The number of anilines is 1. The number of para-hydroxylation sites is 1. The van der Waals surface area contributed by atoms with Crippen molar-refractivity contribution in [2.45, 2.75) is 18.4 Å². The molecule has 2 aromatic heterocycles. The minimum absolute atomic E-state index is 0.244. The molecule has 0 spiro atoms. The van der Waals surface area contributed by atoms with Crippen molar-refractivity contribution < 1.29 is 9.59 Å². The summed E-state index contributed by atoms with van der Waals surface area (Å²) in [5.41, 5.74) is 5.40. The van der Waals surface area contributed by atoms with Gasteiger partial charge in [0.05, 0.1) is 11.6 Å². The summed E-state index contributed by atoms with van der Waals surface area (Å²) < 4.78 is 0. The third kappa shape index (κ3) is 5.95. The summed E-state index contributed by atoms with van der Waals surface area (Å²) in [5.74, 6) is -1.14. The minimum Gasteiger partial charge on any atom is -0.361 e. The molecule has 6 nitrogen and oxygen atoms in total. The molecular weight excluding hydrogens is 528 g/mol. The monoisotopic (exact) mass is 556 g/mol. The Balaban J connectivity index is 1.30. The highest BCUT2D eigenvalue weighted by Crippen LogP contribution is 2.27. The number of amides is 2. The van der Waals surface area contributed by atoms with Gasteiger partial charge in [0.1, 0.15) is 6.04 Å². The van der Waals surface area contributed by atoms with Gasteiger partial charge in [0, 0.05) is 34.5 Å². The first-order valence-electron chi connectivity index (χ1n) is 13.4. The maximum absolute atomic E-state index is 14.0. The van der Waals surface area contributed by atoms with Gasteiger partial charge < -0.3 is 15.6 Å². The summed E-state index contributed by atoms with van der Waals surface area (Å²) in [5, 5.41) is 9.46. The predicted octanol–water partition coefficient (Wildman–Crippen LogP) is 6.79. The molecule has 0 bridgehead atoms. The number of benzene rings is 4. The maximum Gasteiger partial charge on any atom is 0.249 e. The molecule has 6 aromatic rings. The third-order valence-corrected chi connectivity index (χ3v) is 7.82. The number of rotatable bonds is 9. The van der Waals surface area contributed by atoms with Crippen LogP contribution in [-0.4, -0.2) is 27.8 Å². The van der Waals surface area contributed by atoms with E-state index < -0.39 is 12.0 Å². The average Bonchev–Trinajstić information content (AvgIpc) is 3.66. The lowest BCUT2D eigenvalue weighted by atomic mass is 9.90. The van der Waals surface area contributed by atoms with Crippen LogP contribution >= 0.6 is 11.3 Å². The van der Waals surface area contributed by atoms with Crippen LogP contribution in [0.25, 0.3) is 22.2 Å². The molecule has 2 heterocycles. The van der Waals surface area contributed by atoms with Gasteiger partial charge in [-0.3, -0.25) is 9.59 Å². The number of nitrogens with one attached hydrogen (secondary N) is 3. The summed E-state index contributed by atoms with van der Waals surface area (Å²) in [6, 6.07) is 36.2. The van der Waals surface area contributed by atoms with E-state index in [-0.39, 0.29) is 11.8 Å². The fraction of sp³-hybridized carbons (Fsp3) is 0.0882. The second-order valence-corrected chi connectivity index (χ2v) is 10.6. The molecule has 7 heteroatoms. The molecule has 0 fully saturated rings. The van der Waals surface area contributed by atoms with Gasteiger partial charge in [0.15, 0.2) is 5.13 Å². The van der Waals surface area contributed by atoms with Gasteiger partial charge in [0.2, 0.25) is 11.8 Å². The number of carbonyl (C=O) groups excluding carboxylic acids is 2. The van der Waals surface area contributed by atoms with Crippen LogP contribution in [-0.2, 0) is 16.0 Å². The molecule has 0 aliphatic heterocycles. The van der Waals surface area contributed by atoms with Crippen molar-refractivity contribution >= 4 is 39.2 Å². The van der Waals surface area contributed by atoms with E-state index in [1.165, 1.54) is 11.3 Å². The molecule has 202 valence electrons. The van der Waals surface area contributed by atoms with Crippen LogP contribution in [0.1, 0.15) is 22.6 Å². The quantitative estimate of drug-likeness (QED) is 0.183. The molecule has 0 radical (unpaired) electrons. The van der Waals surface area contributed by atoms with Crippen molar-refractivity contribution in [2.24, 2.45) is 0 Å². The Morgan fingerprint density at radius 2 is 1.37 bits per heavy atom. The summed E-state index contributed by atoms with van der Waals surface area (Å²) in [6.07, 6.45) is 2.22. The van der Waals surface area contributed by atoms with Crippen LogP contribution < -0.4 is 10.6 Å². The molecular formula is C34H28N4O2S. The molecule has 41 heavy (non-hydrogen) atoms. The van der Waals surface area contributed by atoms with Crippen LogP contribution in [0, 0.1) is 0 Å². The molecule has 4 aromatic carbocycles. The maximum atomic E-state index is 14.0. The molecule has 3 N–H and O–H groups in total. The van der Waals surface area contributed by atoms with E-state index >= 15 is 0 Å². The lowest BCUT2D eigenvalue weighted by Gasteiger charge is -2.23. The van der Waals surface area contributed by atoms with Crippen LogP contribution in [0.15, 0.2) is 127 Å². The normalized spacial score (nSPS) is 11.8. The van der Waals surface area contributed by atoms with Crippen LogP contribution in [0.3, 0.4) is 0 Å². The highest BCUT2D eigenvalue weighted by atomic mass is 32.1. The van der Waals surface area contributed by atoms with E-state index in [2.05, 4.69) is 20.6 Å². The first-order valence-corrected chi connectivity index (χ1v) is 14.3.